The second-order valence-corrected chi connectivity index (χ2v) is 24.3. The topological polar surface area (TPSA) is 56.9 Å². The number of furan rings is 2. The maximum atomic E-state index is 6.27. The van der Waals surface area contributed by atoms with Crippen LogP contribution in [0, 0.1) is 0 Å². The maximum Gasteiger partial charge on any atom is 0.137 e. The highest BCUT2D eigenvalue weighted by atomic mass is 79.9. The van der Waals surface area contributed by atoms with Crippen LogP contribution in [0.15, 0.2) is 329 Å². The van der Waals surface area contributed by atoms with Gasteiger partial charge in [0.2, 0.25) is 0 Å². The molecule has 14 aromatic carbocycles. The van der Waals surface area contributed by atoms with Gasteiger partial charge in [0.25, 0.3) is 0 Å². The maximum absolute atomic E-state index is 6.27. The van der Waals surface area contributed by atoms with Crippen molar-refractivity contribution in [2.24, 2.45) is 0 Å². The highest BCUT2D eigenvalue weighted by molar-refractivity contribution is 9.10. The molecule has 0 saturated heterocycles. The first-order valence-corrected chi connectivity index (χ1v) is 31.5. The minimum absolute atomic E-state index is 0. The number of hydrogen-bond donors (Lipinski definition) is 1. The quantitative estimate of drug-likeness (QED) is 0.187. The summed E-state index contributed by atoms with van der Waals surface area (Å²) in [5.74, 6) is 0. The van der Waals surface area contributed by atoms with Gasteiger partial charge < -0.3 is 27.5 Å². The summed E-state index contributed by atoms with van der Waals surface area (Å²) in [6.45, 7) is 0. The third-order valence-corrected chi connectivity index (χ3v) is 18.7. The van der Waals surface area contributed by atoms with Crippen LogP contribution in [-0.4, -0.2) is 18.7 Å². The molecule has 0 aliphatic rings. The van der Waals surface area contributed by atoms with Crippen LogP contribution in [0.5, 0.6) is 0 Å². The van der Waals surface area contributed by atoms with E-state index in [1.54, 1.807) is 0 Å². The second kappa shape index (κ2) is 22.1. The Labute approximate surface area is 537 Å². The van der Waals surface area contributed by atoms with Crippen molar-refractivity contribution < 1.29 is 8.83 Å². The number of hydrogen-bond acceptors (Lipinski definition) is 2. The number of aromatic amines is 1. The SMILES string of the molecule is Brc1ccc2c(c1)oc1ccccc12.C.c1ccc(-n2c3ccccc3c3cc(-c4ccc5[nH]c6ccccc6c5c4)ccc32)cc1.c1ccc(-n2c3ccccc3c3cc(-c4ccc5c(c4)c4ccccc4n5-c4ccc5c(c4)oc4ccccc45)ccc32)cc1. The Kier molecular flexibility index (Phi) is 13.1. The number of nitrogens with zero attached hydrogens (tertiary/aromatic N) is 3. The van der Waals surface area contributed by atoms with Gasteiger partial charge in [-0.25, -0.2) is 0 Å². The first kappa shape index (κ1) is 54.5. The van der Waals surface area contributed by atoms with E-state index in [9.17, 15) is 0 Å². The predicted octanol–water partition coefficient (Wildman–Crippen LogP) is 24.5. The van der Waals surface area contributed by atoms with E-state index in [0.29, 0.717) is 0 Å². The summed E-state index contributed by atoms with van der Waals surface area (Å²) in [6, 6.07) is 112. The molecule has 436 valence electrons. The molecule has 0 atom stereocenters. The lowest BCUT2D eigenvalue weighted by Gasteiger charge is -2.09. The monoisotopic (exact) mass is 1240 g/mol. The van der Waals surface area contributed by atoms with Crippen LogP contribution in [0.3, 0.4) is 0 Å². The first-order chi connectivity index (χ1) is 45.0. The van der Waals surface area contributed by atoms with Gasteiger partial charge in [0, 0.05) is 103 Å². The third-order valence-electron chi connectivity index (χ3n) is 18.2. The van der Waals surface area contributed by atoms with Crippen molar-refractivity contribution >= 4 is 147 Å². The van der Waals surface area contributed by atoms with Crippen molar-refractivity contribution in [3.8, 4) is 39.3 Å². The van der Waals surface area contributed by atoms with E-state index < -0.39 is 0 Å². The normalized spacial score (nSPS) is 11.7. The Hall–Kier alpha value is -11.6. The van der Waals surface area contributed by atoms with Crippen LogP contribution in [0.25, 0.3) is 170 Å². The number of aromatic nitrogens is 4. The van der Waals surface area contributed by atoms with Crippen LogP contribution in [0.1, 0.15) is 7.43 Å². The summed E-state index contributed by atoms with van der Waals surface area (Å²) in [5.41, 5.74) is 21.7. The molecule has 0 aliphatic carbocycles. The average Bonchev–Trinajstić information content (AvgIpc) is 1.61. The van der Waals surface area contributed by atoms with E-state index in [1.807, 2.05) is 42.5 Å². The van der Waals surface area contributed by atoms with Crippen molar-refractivity contribution in [1.82, 2.24) is 18.7 Å². The Bertz CT molecular complexity index is 6240. The summed E-state index contributed by atoms with van der Waals surface area (Å²) < 4.78 is 20.1. The van der Waals surface area contributed by atoms with Gasteiger partial charge in [-0.05, 0) is 162 Å². The van der Waals surface area contributed by atoms with Gasteiger partial charge in [-0.2, -0.15) is 0 Å². The molecule has 0 bridgehead atoms. The number of fused-ring (bicyclic) bond motifs is 18. The molecule has 0 aliphatic heterocycles. The minimum atomic E-state index is 0. The lowest BCUT2D eigenvalue weighted by atomic mass is 10.0. The van der Waals surface area contributed by atoms with Crippen LogP contribution in [-0.2, 0) is 0 Å². The second-order valence-electron chi connectivity index (χ2n) is 23.4. The van der Waals surface area contributed by atoms with Crippen LogP contribution >= 0.6 is 15.9 Å². The molecule has 6 nitrogen and oxygen atoms in total. The molecule has 0 spiro atoms. The van der Waals surface area contributed by atoms with Gasteiger partial charge in [-0.15, -0.1) is 0 Å². The number of para-hydroxylation sites is 8. The van der Waals surface area contributed by atoms with Crippen LogP contribution in [0.2, 0.25) is 0 Å². The average molecular weight is 1250 g/mol. The molecule has 0 amide bonds. The van der Waals surface area contributed by atoms with Crippen molar-refractivity contribution in [3.63, 3.8) is 0 Å². The first-order valence-electron chi connectivity index (χ1n) is 30.7. The molecule has 20 aromatic rings. The highest BCUT2D eigenvalue weighted by Crippen LogP contribution is 2.41. The van der Waals surface area contributed by atoms with Crippen molar-refractivity contribution in [2.45, 2.75) is 7.43 Å². The van der Waals surface area contributed by atoms with E-state index >= 15 is 0 Å². The Balaban J connectivity index is 0.000000119. The number of benzene rings is 14. The van der Waals surface area contributed by atoms with Gasteiger partial charge in [-0.1, -0.05) is 193 Å². The van der Waals surface area contributed by atoms with E-state index in [-0.39, 0.29) is 7.43 Å². The summed E-state index contributed by atoms with van der Waals surface area (Å²) in [5, 5.41) is 14.7. The van der Waals surface area contributed by atoms with Crippen LogP contribution < -0.4 is 0 Å². The van der Waals surface area contributed by atoms with Gasteiger partial charge in [0.15, 0.2) is 0 Å². The fourth-order valence-electron chi connectivity index (χ4n) is 14.0. The zero-order chi connectivity index (χ0) is 60.1. The molecule has 92 heavy (non-hydrogen) atoms. The lowest BCUT2D eigenvalue weighted by Crippen LogP contribution is -1.93. The zero-order valence-electron chi connectivity index (χ0n) is 49.1. The number of nitrogens with one attached hydrogen (secondary N) is 1. The number of H-pyrrole nitrogens is 1. The van der Waals surface area contributed by atoms with Crippen molar-refractivity contribution in [1.29, 1.82) is 0 Å². The molecule has 7 heteroatoms. The fourth-order valence-corrected chi connectivity index (χ4v) is 14.4. The Morgan fingerprint density at radius 3 is 1.08 bits per heavy atom. The molecule has 1 N–H and O–H groups in total. The molecule has 0 unspecified atom stereocenters. The molecule has 20 rings (SSSR count). The van der Waals surface area contributed by atoms with Gasteiger partial charge in [-0.3, -0.25) is 0 Å². The number of rotatable bonds is 5. The highest BCUT2D eigenvalue weighted by Gasteiger charge is 2.19. The molecule has 6 aromatic heterocycles. The smallest absolute Gasteiger partial charge is 0.137 e. The van der Waals surface area contributed by atoms with Crippen molar-refractivity contribution in [2.75, 3.05) is 0 Å². The van der Waals surface area contributed by atoms with E-state index in [2.05, 4.69) is 308 Å². The molecular weight excluding hydrogens is 1190 g/mol. The summed E-state index contributed by atoms with van der Waals surface area (Å²) >= 11 is 3.43. The Morgan fingerprint density at radius 2 is 0.576 bits per heavy atom. The minimum Gasteiger partial charge on any atom is -0.456 e. The molecule has 0 saturated carbocycles. The van der Waals surface area contributed by atoms with E-state index in [0.717, 1.165) is 43.3 Å². The third kappa shape index (κ3) is 8.99. The molecular formula is C85H57BrN4O2. The zero-order valence-corrected chi connectivity index (χ0v) is 50.6. The standard InChI is InChI=1S/C42H26N2O.C30H20N2.C12H7BrO.CH4/c1-2-10-29(11-3-1)43-37-15-7-4-12-31(37)35-24-27(18-22-39(35)43)28-19-23-40-36(25-28)32-13-5-8-16-38(32)44(40)30-20-21-34-33-14-6-9-17-41(33)45-42(34)26-30;1-2-8-22(9-3-1)32-29-13-7-5-11-24(29)26-19-21(15-17-30(26)32)20-14-16-28-25(18-20)23-10-4-6-12-27(23)31-28;13-8-5-6-10-9-3-1-2-4-11(9)14-12(10)7-8;/h1-26H;1-19,31H;1-7H;1H4. The van der Waals surface area contributed by atoms with Gasteiger partial charge >= 0.3 is 0 Å². The Morgan fingerprint density at radius 1 is 0.228 bits per heavy atom. The van der Waals surface area contributed by atoms with Crippen molar-refractivity contribution in [3.05, 3.63) is 320 Å². The van der Waals surface area contributed by atoms with Gasteiger partial charge in [0.05, 0.1) is 33.1 Å². The fraction of sp³-hybridized carbons (Fsp3) is 0.0118. The predicted molar refractivity (Wildman–Crippen MR) is 392 cm³/mol. The molecule has 0 fully saturated rings. The summed E-state index contributed by atoms with van der Waals surface area (Å²) in [7, 11) is 0. The van der Waals surface area contributed by atoms with Gasteiger partial charge in [0.1, 0.15) is 22.3 Å². The lowest BCUT2D eigenvalue weighted by molar-refractivity contribution is 0.668. The summed E-state index contributed by atoms with van der Waals surface area (Å²) in [4.78, 5) is 3.53. The summed E-state index contributed by atoms with van der Waals surface area (Å²) in [6.07, 6.45) is 0. The van der Waals surface area contributed by atoms with Crippen LogP contribution in [0.4, 0.5) is 0 Å². The molecule has 6 heterocycles. The molecule has 0 radical (unpaired) electrons. The van der Waals surface area contributed by atoms with E-state index in [4.69, 9.17) is 8.83 Å². The number of halogens is 1. The van der Waals surface area contributed by atoms with E-state index in [1.165, 1.54) is 132 Å². The largest absolute Gasteiger partial charge is 0.456 e.